The van der Waals surface area contributed by atoms with Gasteiger partial charge in [-0.1, -0.05) is 0 Å². The van der Waals surface area contributed by atoms with Crippen LogP contribution in [0.4, 0.5) is 4.39 Å². The van der Waals surface area contributed by atoms with Gasteiger partial charge in [0.15, 0.2) is 12.4 Å². The summed E-state index contributed by atoms with van der Waals surface area (Å²) in [5.74, 6) is -1.27. The fourth-order valence-corrected chi connectivity index (χ4v) is 3.87. The van der Waals surface area contributed by atoms with E-state index in [9.17, 15) is 18.8 Å². The van der Waals surface area contributed by atoms with E-state index in [0.717, 1.165) is 11.3 Å². The second kappa shape index (κ2) is 10.4. The maximum Gasteiger partial charge on any atom is 0.331 e. The van der Waals surface area contributed by atoms with E-state index in [2.05, 4.69) is 5.10 Å². The Labute approximate surface area is 201 Å². The van der Waals surface area contributed by atoms with Crippen molar-refractivity contribution < 1.29 is 27.9 Å². The van der Waals surface area contributed by atoms with Crippen LogP contribution in [-0.4, -0.2) is 70.1 Å². The largest absolute Gasteiger partial charge is 0.459 e. The van der Waals surface area contributed by atoms with Crippen molar-refractivity contribution in [2.24, 2.45) is 0 Å². The van der Waals surface area contributed by atoms with E-state index in [1.165, 1.54) is 24.5 Å². The number of hydrogen-bond donors (Lipinski definition) is 0. The quantitative estimate of drug-likeness (QED) is 0.398. The SMILES string of the molecule is Cc1nn(-c2ccc(F)cc2)c(C)c1/C=C/C(=O)OCC(=O)N1CCN(C(=O)c2ccco2)CC1. The van der Waals surface area contributed by atoms with Gasteiger partial charge in [-0.25, -0.2) is 13.9 Å². The molecule has 0 radical (unpaired) electrons. The minimum atomic E-state index is -0.654. The normalized spacial score (nSPS) is 13.9. The summed E-state index contributed by atoms with van der Waals surface area (Å²) in [4.78, 5) is 40.1. The van der Waals surface area contributed by atoms with E-state index in [0.29, 0.717) is 37.6 Å². The standard InChI is InChI=1S/C25H25FN4O5/c1-17-21(18(2)30(27-17)20-7-5-19(26)6-8-20)9-10-24(32)35-16-23(31)28-11-13-29(14-12-28)25(33)22-4-3-15-34-22/h3-10,15H,11-14,16H2,1-2H3/b10-9+. The van der Waals surface area contributed by atoms with Gasteiger partial charge >= 0.3 is 5.97 Å². The molecule has 0 atom stereocenters. The van der Waals surface area contributed by atoms with Crippen molar-refractivity contribution in [1.82, 2.24) is 19.6 Å². The predicted octanol–water partition coefficient (Wildman–Crippen LogP) is 2.76. The van der Waals surface area contributed by atoms with E-state index in [1.807, 2.05) is 6.92 Å². The second-order valence-corrected chi connectivity index (χ2v) is 8.06. The van der Waals surface area contributed by atoms with E-state index in [4.69, 9.17) is 9.15 Å². The van der Waals surface area contributed by atoms with Gasteiger partial charge in [-0.3, -0.25) is 9.59 Å². The highest BCUT2D eigenvalue weighted by atomic mass is 19.1. The molecule has 0 aliphatic carbocycles. The van der Waals surface area contributed by atoms with E-state index < -0.39 is 5.97 Å². The molecule has 1 saturated heterocycles. The maximum atomic E-state index is 13.2. The molecule has 2 aromatic heterocycles. The molecule has 10 heteroatoms. The lowest BCUT2D eigenvalue weighted by molar-refractivity contribution is -0.148. The van der Waals surface area contributed by atoms with Crippen LogP contribution in [0.3, 0.4) is 0 Å². The molecule has 0 saturated carbocycles. The number of rotatable bonds is 6. The Morgan fingerprint density at radius 3 is 2.40 bits per heavy atom. The fourth-order valence-electron chi connectivity index (χ4n) is 3.87. The average molecular weight is 480 g/mol. The van der Waals surface area contributed by atoms with Gasteiger partial charge in [0.1, 0.15) is 5.82 Å². The molecule has 9 nitrogen and oxygen atoms in total. The van der Waals surface area contributed by atoms with Gasteiger partial charge in [-0.2, -0.15) is 5.10 Å². The molecule has 4 rings (SSSR count). The van der Waals surface area contributed by atoms with Crippen molar-refractivity contribution in [3.63, 3.8) is 0 Å². The number of halogens is 1. The van der Waals surface area contributed by atoms with Crippen molar-refractivity contribution in [2.75, 3.05) is 32.8 Å². The fraction of sp³-hybridized carbons (Fsp3) is 0.280. The molecule has 3 aromatic rings. The van der Waals surface area contributed by atoms with Crippen molar-refractivity contribution in [1.29, 1.82) is 0 Å². The number of piperazine rings is 1. The number of hydrogen-bond acceptors (Lipinski definition) is 6. The number of benzene rings is 1. The Hall–Kier alpha value is -4.21. The van der Waals surface area contributed by atoms with Crippen molar-refractivity contribution >= 4 is 23.9 Å². The molecule has 1 aliphatic heterocycles. The Kier molecular flexibility index (Phi) is 7.09. The molecular formula is C25H25FN4O5. The molecule has 0 N–H and O–H groups in total. The minimum Gasteiger partial charge on any atom is -0.459 e. The van der Waals surface area contributed by atoms with Crippen LogP contribution < -0.4 is 0 Å². The molecule has 2 amide bonds. The number of carbonyl (C=O) groups excluding carboxylic acids is 3. The Morgan fingerprint density at radius 1 is 1.06 bits per heavy atom. The first kappa shape index (κ1) is 23.9. The zero-order chi connectivity index (χ0) is 24.9. The highest BCUT2D eigenvalue weighted by Gasteiger charge is 2.26. The second-order valence-electron chi connectivity index (χ2n) is 8.06. The van der Waals surface area contributed by atoms with Gasteiger partial charge < -0.3 is 19.0 Å². The summed E-state index contributed by atoms with van der Waals surface area (Å²) in [6.07, 6.45) is 4.28. The molecule has 0 spiro atoms. The van der Waals surface area contributed by atoms with Crippen LogP contribution in [0.5, 0.6) is 0 Å². The van der Waals surface area contributed by atoms with Gasteiger partial charge in [0.05, 0.1) is 17.6 Å². The smallest absolute Gasteiger partial charge is 0.331 e. The van der Waals surface area contributed by atoms with Gasteiger partial charge in [0, 0.05) is 43.5 Å². The average Bonchev–Trinajstić information content (AvgIpc) is 3.50. The van der Waals surface area contributed by atoms with E-state index >= 15 is 0 Å². The number of aryl methyl sites for hydroxylation is 1. The lowest BCUT2D eigenvalue weighted by Crippen LogP contribution is -2.51. The van der Waals surface area contributed by atoms with E-state index in [-0.39, 0.29) is 30.0 Å². The van der Waals surface area contributed by atoms with Gasteiger partial charge in [-0.05, 0) is 56.3 Å². The molecule has 1 fully saturated rings. The number of ether oxygens (including phenoxy) is 1. The van der Waals surface area contributed by atoms with Crippen LogP contribution in [0, 0.1) is 19.7 Å². The maximum absolute atomic E-state index is 13.2. The Morgan fingerprint density at radius 2 is 1.74 bits per heavy atom. The number of esters is 1. The molecule has 182 valence electrons. The third kappa shape index (κ3) is 5.48. The van der Waals surface area contributed by atoms with Crippen molar-refractivity contribution in [3.8, 4) is 5.69 Å². The topological polar surface area (TPSA) is 97.9 Å². The van der Waals surface area contributed by atoms with Crippen LogP contribution in [0.25, 0.3) is 11.8 Å². The number of furan rings is 1. The summed E-state index contributed by atoms with van der Waals surface area (Å²) in [6, 6.07) is 9.20. The molecular weight excluding hydrogens is 455 g/mol. The highest BCUT2D eigenvalue weighted by Crippen LogP contribution is 2.19. The summed E-state index contributed by atoms with van der Waals surface area (Å²) in [7, 11) is 0. The highest BCUT2D eigenvalue weighted by molar-refractivity contribution is 5.92. The summed E-state index contributed by atoms with van der Waals surface area (Å²) >= 11 is 0. The number of nitrogens with zero attached hydrogens (tertiary/aromatic N) is 4. The summed E-state index contributed by atoms with van der Waals surface area (Å²) in [6.45, 7) is 4.69. The Bertz CT molecular complexity index is 1240. The van der Waals surface area contributed by atoms with Gasteiger partial charge in [0.2, 0.25) is 0 Å². The molecule has 35 heavy (non-hydrogen) atoms. The molecule has 1 aliphatic rings. The molecule has 0 unspecified atom stereocenters. The summed E-state index contributed by atoms with van der Waals surface area (Å²) in [5, 5.41) is 4.45. The van der Waals surface area contributed by atoms with Crippen LogP contribution in [-0.2, 0) is 14.3 Å². The summed E-state index contributed by atoms with van der Waals surface area (Å²) in [5.41, 5.74) is 2.89. The van der Waals surface area contributed by atoms with Crippen LogP contribution in [0.1, 0.15) is 27.5 Å². The first-order chi connectivity index (χ1) is 16.8. The lowest BCUT2D eigenvalue weighted by Gasteiger charge is -2.34. The number of aromatic nitrogens is 2. The molecule has 1 aromatic carbocycles. The first-order valence-corrected chi connectivity index (χ1v) is 11.1. The lowest BCUT2D eigenvalue weighted by atomic mass is 10.2. The monoisotopic (exact) mass is 480 g/mol. The zero-order valence-corrected chi connectivity index (χ0v) is 19.4. The third-order valence-electron chi connectivity index (χ3n) is 5.79. The first-order valence-electron chi connectivity index (χ1n) is 11.1. The van der Waals surface area contributed by atoms with Crippen LogP contribution in [0.15, 0.2) is 53.2 Å². The van der Waals surface area contributed by atoms with Gasteiger partial charge in [0.25, 0.3) is 11.8 Å². The van der Waals surface area contributed by atoms with Crippen LogP contribution in [0.2, 0.25) is 0 Å². The van der Waals surface area contributed by atoms with Gasteiger partial charge in [-0.15, -0.1) is 0 Å². The predicted molar refractivity (Wildman–Crippen MR) is 124 cm³/mol. The zero-order valence-electron chi connectivity index (χ0n) is 19.4. The number of amides is 2. The molecule has 0 bridgehead atoms. The third-order valence-corrected chi connectivity index (χ3v) is 5.79. The summed E-state index contributed by atoms with van der Waals surface area (Å²) < 4.78 is 25.1. The van der Waals surface area contributed by atoms with Crippen molar-refractivity contribution in [3.05, 3.63) is 77.3 Å². The van der Waals surface area contributed by atoms with E-state index in [1.54, 1.807) is 51.7 Å². The molecule has 3 heterocycles. The minimum absolute atomic E-state index is 0.216. The van der Waals surface area contributed by atoms with Crippen LogP contribution >= 0.6 is 0 Å². The number of carbonyl (C=O) groups is 3. The Balaban J connectivity index is 1.28. The van der Waals surface area contributed by atoms with Crippen molar-refractivity contribution in [2.45, 2.75) is 13.8 Å².